The molecule has 3 rings (SSSR count). The minimum absolute atomic E-state index is 0.0189. The highest BCUT2D eigenvalue weighted by molar-refractivity contribution is 6.33. The zero-order chi connectivity index (χ0) is 15.4. The van der Waals surface area contributed by atoms with Crippen LogP contribution in [-0.2, 0) is 0 Å². The fourth-order valence-electron chi connectivity index (χ4n) is 2.72. The number of likely N-dealkylation sites (tertiary alicyclic amines) is 1. The second-order valence-corrected chi connectivity index (χ2v) is 5.84. The van der Waals surface area contributed by atoms with Gasteiger partial charge in [0.1, 0.15) is 0 Å². The molecule has 1 aliphatic heterocycles. The predicted octanol–water partition coefficient (Wildman–Crippen LogP) is 3.45. The van der Waals surface area contributed by atoms with Gasteiger partial charge in [-0.3, -0.25) is 9.78 Å². The van der Waals surface area contributed by atoms with Gasteiger partial charge in [0.25, 0.3) is 5.91 Å². The van der Waals surface area contributed by atoms with Gasteiger partial charge in [0.05, 0.1) is 16.3 Å². The third-order valence-electron chi connectivity index (χ3n) is 3.92. The Labute approximate surface area is 135 Å². The lowest BCUT2D eigenvalue weighted by Crippen LogP contribution is -2.42. The van der Waals surface area contributed by atoms with Gasteiger partial charge in [-0.15, -0.1) is 0 Å². The van der Waals surface area contributed by atoms with Crippen LogP contribution in [0.4, 0.5) is 5.69 Å². The summed E-state index contributed by atoms with van der Waals surface area (Å²) in [7, 11) is 0. The molecule has 1 amide bonds. The lowest BCUT2D eigenvalue weighted by atomic mass is 10.0. The number of halogens is 1. The highest BCUT2D eigenvalue weighted by Gasteiger charge is 2.24. The summed E-state index contributed by atoms with van der Waals surface area (Å²) < 4.78 is 0. The van der Waals surface area contributed by atoms with Crippen molar-refractivity contribution in [2.75, 3.05) is 18.4 Å². The molecule has 0 radical (unpaired) electrons. The number of piperidine rings is 1. The van der Waals surface area contributed by atoms with Gasteiger partial charge in [-0.1, -0.05) is 23.7 Å². The first kappa shape index (κ1) is 14.9. The maximum Gasteiger partial charge on any atom is 0.255 e. The van der Waals surface area contributed by atoms with E-state index in [0.29, 0.717) is 16.6 Å². The monoisotopic (exact) mass is 315 g/mol. The van der Waals surface area contributed by atoms with Gasteiger partial charge in [-0.2, -0.15) is 0 Å². The summed E-state index contributed by atoms with van der Waals surface area (Å²) in [5.74, 6) is 0.0189. The molecule has 0 aliphatic carbocycles. The van der Waals surface area contributed by atoms with Crippen molar-refractivity contribution in [1.82, 2.24) is 9.88 Å². The molecule has 0 saturated carbocycles. The first-order valence-electron chi connectivity index (χ1n) is 7.44. The summed E-state index contributed by atoms with van der Waals surface area (Å²) in [5, 5.41) is 3.98. The average Bonchev–Trinajstić information content (AvgIpc) is 2.56. The Morgan fingerprint density at radius 2 is 1.95 bits per heavy atom. The Hall–Kier alpha value is -2.07. The number of hydrogen-bond donors (Lipinski definition) is 1. The highest BCUT2D eigenvalue weighted by Crippen LogP contribution is 2.21. The van der Waals surface area contributed by atoms with E-state index in [2.05, 4.69) is 10.3 Å². The molecule has 2 heterocycles. The van der Waals surface area contributed by atoms with Gasteiger partial charge in [0, 0.05) is 31.5 Å². The van der Waals surface area contributed by atoms with E-state index in [1.54, 1.807) is 18.3 Å². The van der Waals surface area contributed by atoms with Crippen molar-refractivity contribution in [3.63, 3.8) is 0 Å². The molecule has 0 spiro atoms. The Kier molecular flexibility index (Phi) is 4.59. The lowest BCUT2D eigenvalue weighted by Gasteiger charge is -2.33. The summed E-state index contributed by atoms with van der Waals surface area (Å²) in [6.45, 7) is 1.48. The van der Waals surface area contributed by atoms with Crippen LogP contribution in [0, 0.1) is 0 Å². The number of aromatic nitrogens is 1. The van der Waals surface area contributed by atoms with E-state index in [4.69, 9.17) is 11.6 Å². The first-order valence-corrected chi connectivity index (χ1v) is 7.82. The molecular formula is C17H18ClN3O. The van der Waals surface area contributed by atoms with Gasteiger partial charge >= 0.3 is 0 Å². The summed E-state index contributed by atoms with van der Waals surface area (Å²) >= 11 is 6.11. The van der Waals surface area contributed by atoms with E-state index >= 15 is 0 Å². The molecule has 0 atom stereocenters. The number of hydrogen-bond acceptors (Lipinski definition) is 3. The first-order chi connectivity index (χ1) is 10.7. The number of anilines is 1. The molecule has 0 bridgehead atoms. The Balaban J connectivity index is 1.58. The van der Waals surface area contributed by atoms with Crippen LogP contribution in [0.1, 0.15) is 23.2 Å². The number of amides is 1. The highest BCUT2D eigenvalue weighted by atomic mass is 35.5. The number of rotatable bonds is 3. The molecule has 1 aromatic carbocycles. The minimum Gasteiger partial charge on any atom is -0.381 e. The normalized spacial score (nSPS) is 15.6. The number of carbonyl (C=O) groups is 1. The van der Waals surface area contributed by atoms with E-state index in [0.717, 1.165) is 31.6 Å². The standard InChI is InChI=1S/C17H18ClN3O/c18-16-6-2-1-5-15(16)17(22)21-10-7-13(8-11-21)20-14-4-3-9-19-12-14/h1-6,9,12-13,20H,7-8,10-11H2. The molecule has 1 aromatic heterocycles. The van der Waals surface area contributed by atoms with Crippen LogP contribution < -0.4 is 5.32 Å². The average molecular weight is 316 g/mol. The van der Waals surface area contributed by atoms with Crippen molar-refractivity contribution >= 4 is 23.2 Å². The molecular weight excluding hydrogens is 298 g/mol. The largest absolute Gasteiger partial charge is 0.381 e. The number of carbonyl (C=O) groups excluding carboxylic acids is 1. The fourth-order valence-corrected chi connectivity index (χ4v) is 2.93. The summed E-state index contributed by atoms with van der Waals surface area (Å²) in [4.78, 5) is 18.5. The fraction of sp³-hybridized carbons (Fsp3) is 0.294. The van der Waals surface area contributed by atoms with Crippen LogP contribution in [-0.4, -0.2) is 34.9 Å². The van der Waals surface area contributed by atoms with E-state index < -0.39 is 0 Å². The maximum atomic E-state index is 12.5. The van der Waals surface area contributed by atoms with Gasteiger partial charge in [0.2, 0.25) is 0 Å². The molecule has 1 aliphatic rings. The minimum atomic E-state index is 0.0189. The number of nitrogens with zero attached hydrogens (tertiary/aromatic N) is 2. The van der Waals surface area contributed by atoms with Crippen molar-refractivity contribution in [1.29, 1.82) is 0 Å². The number of nitrogens with one attached hydrogen (secondary N) is 1. The summed E-state index contributed by atoms with van der Waals surface area (Å²) in [6.07, 6.45) is 5.42. The third-order valence-corrected chi connectivity index (χ3v) is 4.25. The summed E-state index contributed by atoms with van der Waals surface area (Å²) in [5.41, 5.74) is 1.61. The van der Waals surface area contributed by atoms with Gasteiger partial charge in [-0.25, -0.2) is 0 Å². The Morgan fingerprint density at radius 3 is 2.64 bits per heavy atom. The third kappa shape index (κ3) is 3.39. The molecule has 2 aromatic rings. The molecule has 1 fully saturated rings. The van der Waals surface area contributed by atoms with Gasteiger partial charge in [-0.05, 0) is 37.1 Å². The zero-order valence-corrected chi connectivity index (χ0v) is 13.0. The molecule has 114 valence electrons. The zero-order valence-electron chi connectivity index (χ0n) is 12.2. The van der Waals surface area contributed by atoms with Crippen LogP contribution in [0.5, 0.6) is 0 Å². The van der Waals surface area contributed by atoms with Crippen molar-refractivity contribution in [2.24, 2.45) is 0 Å². The number of pyridine rings is 1. The van der Waals surface area contributed by atoms with Crippen LogP contribution in [0.2, 0.25) is 5.02 Å². The quantitative estimate of drug-likeness (QED) is 0.943. The topological polar surface area (TPSA) is 45.2 Å². The molecule has 0 unspecified atom stereocenters. The molecule has 22 heavy (non-hydrogen) atoms. The van der Waals surface area contributed by atoms with Crippen LogP contribution in [0.15, 0.2) is 48.8 Å². The van der Waals surface area contributed by atoms with Crippen LogP contribution in [0.25, 0.3) is 0 Å². The number of benzene rings is 1. The van der Waals surface area contributed by atoms with Crippen molar-refractivity contribution < 1.29 is 4.79 Å². The van der Waals surface area contributed by atoms with Gasteiger partial charge < -0.3 is 10.2 Å². The molecule has 1 N–H and O–H groups in total. The van der Waals surface area contributed by atoms with Crippen LogP contribution >= 0.6 is 11.6 Å². The van der Waals surface area contributed by atoms with E-state index in [1.165, 1.54) is 0 Å². The molecule has 4 nitrogen and oxygen atoms in total. The Morgan fingerprint density at radius 1 is 1.18 bits per heavy atom. The lowest BCUT2D eigenvalue weighted by molar-refractivity contribution is 0.0718. The predicted molar refractivity (Wildman–Crippen MR) is 88.2 cm³/mol. The second kappa shape index (κ2) is 6.79. The van der Waals surface area contributed by atoms with Gasteiger partial charge in [0.15, 0.2) is 0 Å². The maximum absolute atomic E-state index is 12.5. The van der Waals surface area contributed by atoms with E-state index in [9.17, 15) is 4.79 Å². The second-order valence-electron chi connectivity index (χ2n) is 5.43. The Bertz CT molecular complexity index is 639. The van der Waals surface area contributed by atoms with Crippen molar-refractivity contribution in [3.05, 3.63) is 59.4 Å². The molecule has 1 saturated heterocycles. The van der Waals surface area contributed by atoms with E-state index in [1.807, 2.05) is 35.4 Å². The SMILES string of the molecule is O=C(c1ccccc1Cl)N1CCC(Nc2cccnc2)CC1. The van der Waals surface area contributed by atoms with Crippen molar-refractivity contribution in [2.45, 2.75) is 18.9 Å². The molecule has 5 heteroatoms. The van der Waals surface area contributed by atoms with Crippen LogP contribution in [0.3, 0.4) is 0 Å². The van der Waals surface area contributed by atoms with Crippen molar-refractivity contribution in [3.8, 4) is 0 Å². The smallest absolute Gasteiger partial charge is 0.255 e. The van der Waals surface area contributed by atoms with E-state index in [-0.39, 0.29) is 5.91 Å². The summed E-state index contributed by atoms with van der Waals surface area (Å²) in [6, 6.07) is 11.5.